The summed E-state index contributed by atoms with van der Waals surface area (Å²) >= 11 is 0. The molecule has 21 heavy (non-hydrogen) atoms. The van der Waals surface area contributed by atoms with Crippen molar-refractivity contribution in [1.29, 1.82) is 0 Å². The Balaban J connectivity index is 2.78. The van der Waals surface area contributed by atoms with E-state index in [0.717, 1.165) is 25.7 Å². The first-order chi connectivity index (χ1) is 9.87. The zero-order chi connectivity index (χ0) is 15.9. The van der Waals surface area contributed by atoms with Gasteiger partial charge in [0.1, 0.15) is 0 Å². The second-order valence-electron chi connectivity index (χ2n) is 6.75. The molecular formula is C19H32OSi. The van der Waals surface area contributed by atoms with Crippen LogP contribution in [0.1, 0.15) is 45.6 Å². The lowest BCUT2D eigenvalue weighted by molar-refractivity contribution is 0.223. The minimum Gasteiger partial charge on any atom is -0.411 e. The molecule has 0 amide bonds. The van der Waals surface area contributed by atoms with E-state index >= 15 is 0 Å². The summed E-state index contributed by atoms with van der Waals surface area (Å²) in [5, 5.41) is 0. The zero-order valence-corrected chi connectivity index (χ0v) is 15.7. The first-order valence-electron chi connectivity index (χ1n) is 8.27. The highest BCUT2D eigenvalue weighted by Crippen LogP contribution is 2.24. The number of hydrogen-bond acceptors (Lipinski definition) is 1. The van der Waals surface area contributed by atoms with Gasteiger partial charge in [-0.2, -0.15) is 0 Å². The molecule has 0 saturated carbocycles. The maximum Gasteiger partial charge on any atom is 0.184 e. The minimum atomic E-state index is -1.48. The number of hydrogen-bond donors (Lipinski definition) is 0. The molecule has 0 aliphatic rings. The highest BCUT2D eigenvalue weighted by molar-refractivity contribution is 6.69. The topological polar surface area (TPSA) is 9.23 Å². The lowest BCUT2D eigenvalue weighted by atomic mass is 9.95. The molecule has 1 aromatic carbocycles. The molecule has 0 N–H and O–H groups in total. The maximum atomic E-state index is 6.36. The Morgan fingerprint density at radius 2 is 1.71 bits per heavy atom. The van der Waals surface area contributed by atoms with Crippen molar-refractivity contribution in [2.45, 2.75) is 72.2 Å². The molecule has 1 rings (SSSR count). The molecule has 1 nitrogen and oxygen atoms in total. The van der Waals surface area contributed by atoms with Crippen LogP contribution in [0.3, 0.4) is 0 Å². The summed E-state index contributed by atoms with van der Waals surface area (Å²) in [6.07, 6.45) is 4.79. The fraction of sp³-hybridized carbons (Fsp3) is 0.579. The van der Waals surface area contributed by atoms with Crippen molar-refractivity contribution in [2.75, 3.05) is 0 Å². The quantitative estimate of drug-likeness (QED) is 0.424. The average Bonchev–Trinajstić information content (AvgIpc) is 2.45. The molecule has 1 atom stereocenters. The highest BCUT2D eigenvalue weighted by atomic mass is 28.4. The van der Waals surface area contributed by atoms with Gasteiger partial charge in [0, 0.05) is 0 Å². The van der Waals surface area contributed by atoms with Crippen LogP contribution in [-0.2, 0) is 10.8 Å². The summed E-state index contributed by atoms with van der Waals surface area (Å²) in [4.78, 5) is 0. The molecule has 0 heterocycles. The van der Waals surface area contributed by atoms with Gasteiger partial charge in [-0.15, -0.1) is 0 Å². The van der Waals surface area contributed by atoms with Gasteiger partial charge in [0.15, 0.2) is 8.32 Å². The van der Waals surface area contributed by atoms with Crippen molar-refractivity contribution in [3.8, 4) is 0 Å². The Hall–Kier alpha value is -0.863. The second kappa shape index (κ2) is 8.55. The van der Waals surface area contributed by atoms with Crippen LogP contribution in [0, 0.1) is 0 Å². The van der Waals surface area contributed by atoms with Crippen LogP contribution in [-0.4, -0.2) is 14.4 Å². The lowest BCUT2D eigenvalue weighted by Gasteiger charge is -2.28. The van der Waals surface area contributed by atoms with Gasteiger partial charge in [-0.25, -0.2) is 0 Å². The van der Waals surface area contributed by atoms with Crippen molar-refractivity contribution in [3.05, 3.63) is 47.0 Å². The molecule has 0 saturated heterocycles. The molecule has 1 aromatic rings. The van der Waals surface area contributed by atoms with Gasteiger partial charge in [0.25, 0.3) is 0 Å². The summed E-state index contributed by atoms with van der Waals surface area (Å²) < 4.78 is 6.36. The summed E-state index contributed by atoms with van der Waals surface area (Å²) in [7, 11) is -1.48. The highest BCUT2D eigenvalue weighted by Gasteiger charge is 2.22. The largest absolute Gasteiger partial charge is 0.411 e. The standard InChI is InChI=1S/C19H32OSi/c1-7-18(15-14-17-12-10-9-11-13-17)16(3)19(8-2)20-21(4,5)6/h9-13,19H,7-8,14-15H2,1-6H3/b18-16+. The molecule has 1 unspecified atom stereocenters. The Labute approximate surface area is 132 Å². The van der Waals surface area contributed by atoms with E-state index in [9.17, 15) is 0 Å². The summed E-state index contributed by atoms with van der Waals surface area (Å²) in [5.74, 6) is 0. The van der Waals surface area contributed by atoms with Crippen molar-refractivity contribution >= 4 is 8.32 Å². The summed E-state index contributed by atoms with van der Waals surface area (Å²) in [6.45, 7) is 13.6. The predicted molar refractivity (Wildman–Crippen MR) is 96.3 cm³/mol. The predicted octanol–water partition coefficient (Wildman–Crippen LogP) is 5.98. The van der Waals surface area contributed by atoms with E-state index in [1.54, 1.807) is 5.57 Å². The normalized spacial score (nSPS) is 14.8. The van der Waals surface area contributed by atoms with Gasteiger partial charge in [0.2, 0.25) is 0 Å². The smallest absolute Gasteiger partial charge is 0.184 e. The lowest BCUT2D eigenvalue weighted by Crippen LogP contribution is -2.32. The van der Waals surface area contributed by atoms with Crippen LogP contribution >= 0.6 is 0 Å². The first kappa shape index (κ1) is 18.2. The number of rotatable bonds is 8. The molecule has 0 fully saturated rings. The number of allylic oxidation sites excluding steroid dienone is 1. The molecule has 0 bridgehead atoms. The number of aryl methyl sites for hydroxylation is 1. The Morgan fingerprint density at radius 1 is 1.10 bits per heavy atom. The van der Waals surface area contributed by atoms with Crippen LogP contribution in [0.25, 0.3) is 0 Å². The molecule has 0 aromatic heterocycles. The fourth-order valence-corrected chi connectivity index (χ4v) is 3.92. The maximum absolute atomic E-state index is 6.36. The molecule has 0 radical (unpaired) electrons. The van der Waals surface area contributed by atoms with E-state index in [1.807, 2.05) is 0 Å². The van der Waals surface area contributed by atoms with Gasteiger partial charge in [0.05, 0.1) is 6.10 Å². The van der Waals surface area contributed by atoms with E-state index in [2.05, 4.69) is 70.7 Å². The summed E-state index contributed by atoms with van der Waals surface area (Å²) in [6, 6.07) is 10.8. The Kier molecular flexibility index (Phi) is 7.40. The molecule has 0 aliphatic carbocycles. The second-order valence-corrected chi connectivity index (χ2v) is 11.2. The third-order valence-corrected chi connectivity index (χ3v) is 4.88. The van der Waals surface area contributed by atoms with Crippen molar-refractivity contribution in [1.82, 2.24) is 0 Å². The monoisotopic (exact) mass is 304 g/mol. The van der Waals surface area contributed by atoms with Gasteiger partial charge >= 0.3 is 0 Å². The summed E-state index contributed by atoms with van der Waals surface area (Å²) in [5.41, 5.74) is 4.47. The van der Waals surface area contributed by atoms with Crippen LogP contribution < -0.4 is 0 Å². The Morgan fingerprint density at radius 3 is 2.19 bits per heavy atom. The van der Waals surface area contributed by atoms with E-state index in [4.69, 9.17) is 4.43 Å². The third-order valence-electron chi connectivity index (χ3n) is 3.89. The fourth-order valence-electron chi connectivity index (χ4n) is 2.73. The van der Waals surface area contributed by atoms with E-state index in [0.29, 0.717) is 6.10 Å². The molecular weight excluding hydrogens is 272 g/mol. The average molecular weight is 305 g/mol. The minimum absolute atomic E-state index is 0.308. The van der Waals surface area contributed by atoms with Gasteiger partial charge in [-0.1, -0.05) is 49.8 Å². The SMILES string of the molecule is CC/C(CCc1ccccc1)=C(/C)C(CC)O[Si](C)(C)C. The van der Waals surface area contributed by atoms with Crippen LogP contribution in [0.15, 0.2) is 41.5 Å². The molecule has 2 heteroatoms. The van der Waals surface area contributed by atoms with Gasteiger partial charge < -0.3 is 4.43 Å². The van der Waals surface area contributed by atoms with E-state index < -0.39 is 8.32 Å². The van der Waals surface area contributed by atoms with Crippen molar-refractivity contribution < 1.29 is 4.43 Å². The zero-order valence-electron chi connectivity index (χ0n) is 14.7. The van der Waals surface area contributed by atoms with E-state index in [-0.39, 0.29) is 0 Å². The van der Waals surface area contributed by atoms with Gasteiger partial charge in [-0.3, -0.25) is 0 Å². The van der Waals surface area contributed by atoms with Crippen molar-refractivity contribution in [2.24, 2.45) is 0 Å². The first-order valence-corrected chi connectivity index (χ1v) is 11.7. The van der Waals surface area contributed by atoms with E-state index in [1.165, 1.54) is 11.1 Å². The van der Waals surface area contributed by atoms with Gasteiger partial charge in [-0.05, 0) is 63.4 Å². The van der Waals surface area contributed by atoms with Crippen LogP contribution in [0.4, 0.5) is 0 Å². The molecule has 0 aliphatic heterocycles. The molecule has 118 valence electrons. The Bertz CT molecular complexity index is 442. The van der Waals surface area contributed by atoms with Crippen LogP contribution in [0.5, 0.6) is 0 Å². The molecule has 0 spiro atoms. The number of benzene rings is 1. The van der Waals surface area contributed by atoms with Crippen molar-refractivity contribution in [3.63, 3.8) is 0 Å². The third kappa shape index (κ3) is 6.62. The van der Waals surface area contributed by atoms with Crippen LogP contribution in [0.2, 0.25) is 19.6 Å².